The van der Waals surface area contributed by atoms with Crippen LogP contribution < -0.4 is 5.32 Å². The number of hydrogen-bond acceptors (Lipinski definition) is 5. The largest absolute Gasteiger partial charge is 0.395 e. The van der Waals surface area contributed by atoms with E-state index in [9.17, 15) is 13.5 Å². The van der Waals surface area contributed by atoms with Crippen LogP contribution in [0.3, 0.4) is 0 Å². The Labute approximate surface area is 126 Å². The Hall–Kier alpha value is -1.18. The van der Waals surface area contributed by atoms with Gasteiger partial charge >= 0.3 is 0 Å². The van der Waals surface area contributed by atoms with Crippen molar-refractivity contribution in [1.82, 2.24) is 9.29 Å². The fraction of sp³-hybridized carbons (Fsp3) is 0.643. The van der Waals surface area contributed by atoms with Gasteiger partial charge in [-0.2, -0.15) is 4.31 Å². The fourth-order valence-corrected chi connectivity index (χ4v) is 4.61. The first-order valence-electron chi connectivity index (χ1n) is 7.42. The Bertz CT molecular complexity index is 556. The highest BCUT2D eigenvalue weighted by molar-refractivity contribution is 7.89. The van der Waals surface area contributed by atoms with Crippen molar-refractivity contribution in [2.75, 3.05) is 25.0 Å². The summed E-state index contributed by atoms with van der Waals surface area (Å²) in [4.78, 5) is 4.31. The molecule has 0 unspecified atom stereocenters. The van der Waals surface area contributed by atoms with E-state index in [0.717, 1.165) is 25.7 Å². The highest BCUT2D eigenvalue weighted by atomic mass is 32.2. The summed E-state index contributed by atoms with van der Waals surface area (Å²) in [6.07, 6.45) is 5.36. The van der Waals surface area contributed by atoms with Gasteiger partial charge in [-0.05, 0) is 31.9 Å². The van der Waals surface area contributed by atoms with Crippen LogP contribution in [-0.2, 0) is 10.0 Å². The van der Waals surface area contributed by atoms with E-state index in [1.807, 2.05) is 6.92 Å². The van der Waals surface area contributed by atoms with Crippen LogP contribution in [0.5, 0.6) is 0 Å². The van der Waals surface area contributed by atoms with Gasteiger partial charge in [0.15, 0.2) is 0 Å². The average Bonchev–Trinajstić information content (AvgIpc) is 2.99. The van der Waals surface area contributed by atoms with Crippen molar-refractivity contribution in [2.24, 2.45) is 0 Å². The monoisotopic (exact) mass is 313 g/mol. The SMILES string of the molecule is CCNc1ncccc1S(=O)(=O)N(CCO)C1CCCC1. The van der Waals surface area contributed by atoms with Crippen LogP contribution in [0.1, 0.15) is 32.6 Å². The summed E-state index contributed by atoms with van der Waals surface area (Å²) in [7, 11) is -3.65. The molecule has 2 rings (SSSR count). The highest BCUT2D eigenvalue weighted by Crippen LogP contribution is 2.30. The minimum atomic E-state index is -3.65. The third-order valence-corrected chi connectivity index (χ3v) is 5.74. The molecule has 1 heterocycles. The minimum absolute atomic E-state index is 0.0168. The third-order valence-electron chi connectivity index (χ3n) is 3.75. The molecule has 0 aromatic carbocycles. The first-order valence-corrected chi connectivity index (χ1v) is 8.87. The molecule has 7 heteroatoms. The van der Waals surface area contributed by atoms with Crippen molar-refractivity contribution in [1.29, 1.82) is 0 Å². The van der Waals surface area contributed by atoms with Crippen LogP contribution in [0.4, 0.5) is 5.82 Å². The number of sulfonamides is 1. The summed E-state index contributed by atoms with van der Waals surface area (Å²) in [5.41, 5.74) is 0. The number of pyridine rings is 1. The van der Waals surface area contributed by atoms with Crippen LogP contribution in [0.25, 0.3) is 0 Å². The van der Waals surface area contributed by atoms with Gasteiger partial charge in [-0.3, -0.25) is 0 Å². The van der Waals surface area contributed by atoms with E-state index in [-0.39, 0.29) is 24.1 Å². The molecule has 118 valence electrons. The van der Waals surface area contributed by atoms with Crippen molar-refractivity contribution in [3.8, 4) is 0 Å². The molecule has 0 bridgehead atoms. The van der Waals surface area contributed by atoms with E-state index >= 15 is 0 Å². The zero-order chi connectivity index (χ0) is 15.3. The Balaban J connectivity index is 2.38. The quantitative estimate of drug-likeness (QED) is 0.796. The van der Waals surface area contributed by atoms with Crippen LogP contribution in [0, 0.1) is 0 Å². The van der Waals surface area contributed by atoms with Gasteiger partial charge < -0.3 is 10.4 Å². The predicted molar refractivity (Wildman–Crippen MR) is 81.6 cm³/mol. The molecule has 0 amide bonds. The highest BCUT2D eigenvalue weighted by Gasteiger charge is 2.34. The Morgan fingerprint density at radius 1 is 1.43 bits per heavy atom. The predicted octanol–water partition coefficient (Wildman–Crippen LogP) is 1.44. The zero-order valence-corrected chi connectivity index (χ0v) is 13.1. The van der Waals surface area contributed by atoms with E-state index in [4.69, 9.17) is 0 Å². The molecule has 0 spiro atoms. The molecule has 6 nitrogen and oxygen atoms in total. The van der Waals surface area contributed by atoms with E-state index in [1.165, 1.54) is 4.31 Å². The van der Waals surface area contributed by atoms with Gasteiger partial charge in [-0.15, -0.1) is 0 Å². The summed E-state index contributed by atoms with van der Waals surface area (Å²) >= 11 is 0. The molecule has 1 aliphatic carbocycles. The fourth-order valence-electron chi connectivity index (χ4n) is 2.82. The maximum atomic E-state index is 12.9. The number of nitrogens with zero attached hydrogens (tertiary/aromatic N) is 2. The molecule has 21 heavy (non-hydrogen) atoms. The number of rotatable bonds is 7. The van der Waals surface area contributed by atoms with E-state index in [0.29, 0.717) is 12.4 Å². The van der Waals surface area contributed by atoms with Crippen molar-refractivity contribution in [3.63, 3.8) is 0 Å². The van der Waals surface area contributed by atoms with Crippen LogP contribution in [-0.4, -0.2) is 48.6 Å². The molecule has 0 atom stereocenters. The second-order valence-corrected chi connectivity index (χ2v) is 7.02. The molecule has 0 saturated heterocycles. The van der Waals surface area contributed by atoms with Gasteiger partial charge in [0.2, 0.25) is 10.0 Å². The van der Waals surface area contributed by atoms with E-state index in [1.54, 1.807) is 18.3 Å². The maximum absolute atomic E-state index is 12.9. The van der Waals surface area contributed by atoms with Crippen molar-refractivity contribution in [2.45, 2.75) is 43.5 Å². The number of aromatic nitrogens is 1. The number of aliphatic hydroxyl groups excluding tert-OH is 1. The summed E-state index contributed by atoms with van der Waals surface area (Å²) in [5.74, 6) is 0.376. The molecule has 1 aromatic heterocycles. The summed E-state index contributed by atoms with van der Waals surface area (Å²) in [6.45, 7) is 2.45. The number of anilines is 1. The van der Waals surface area contributed by atoms with Crippen molar-refractivity contribution >= 4 is 15.8 Å². The van der Waals surface area contributed by atoms with E-state index in [2.05, 4.69) is 10.3 Å². The molecular formula is C14H23N3O3S. The normalized spacial score (nSPS) is 16.5. The Morgan fingerprint density at radius 2 is 2.14 bits per heavy atom. The molecule has 1 aromatic rings. The molecule has 1 aliphatic rings. The molecule has 1 fully saturated rings. The van der Waals surface area contributed by atoms with Crippen LogP contribution >= 0.6 is 0 Å². The van der Waals surface area contributed by atoms with Crippen molar-refractivity contribution < 1.29 is 13.5 Å². The second kappa shape index (κ2) is 7.20. The number of nitrogens with one attached hydrogen (secondary N) is 1. The lowest BCUT2D eigenvalue weighted by molar-refractivity contribution is 0.226. The third kappa shape index (κ3) is 3.53. The van der Waals surface area contributed by atoms with Crippen LogP contribution in [0.2, 0.25) is 0 Å². The molecule has 0 radical (unpaired) electrons. The lowest BCUT2D eigenvalue weighted by atomic mass is 10.2. The van der Waals surface area contributed by atoms with Crippen molar-refractivity contribution in [3.05, 3.63) is 18.3 Å². The number of aliphatic hydroxyl groups is 1. The average molecular weight is 313 g/mol. The smallest absolute Gasteiger partial charge is 0.247 e. The lowest BCUT2D eigenvalue weighted by Gasteiger charge is -2.28. The summed E-state index contributed by atoms with van der Waals surface area (Å²) in [5, 5.41) is 12.2. The molecule has 2 N–H and O–H groups in total. The molecule has 1 saturated carbocycles. The first-order chi connectivity index (χ1) is 10.1. The topological polar surface area (TPSA) is 82.5 Å². The second-order valence-electron chi connectivity index (χ2n) is 5.16. The maximum Gasteiger partial charge on any atom is 0.247 e. The van der Waals surface area contributed by atoms with Gasteiger partial charge in [0.05, 0.1) is 6.61 Å². The van der Waals surface area contributed by atoms with Gasteiger partial charge in [-0.1, -0.05) is 12.8 Å². The van der Waals surface area contributed by atoms with Gasteiger partial charge in [0, 0.05) is 25.3 Å². The number of hydrogen-bond donors (Lipinski definition) is 2. The first kappa shape index (κ1) is 16.2. The Kier molecular flexibility index (Phi) is 5.55. The zero-order valence-electron chi connectivity index (χ0n) is 12.3. The summed E-state index contributed by atoms with van der Waals surface area (Å²) < 4.78 is 27.3. The minimum Gasteiger partial charge on any atom is -0.395 e. The standard InChI is InChI=1S/C14H23N3O3S/c1-2-15-14-13(8-5-9-16-14)21(19,20)17(10-11-18)12-6-3-4-7-12/h5,8-9,12,18H,2-4,6-7,10-11H2,1H3,(H,15,16). The van der Waals surface area contributed by atoms with Gasteiger partial charge in [-0.25, -0.2) is 13.4 Å². The summed E-state index contributed by atoms with van der Waals surface area (Å²) in [6, 6.07) is 3.18. The van der Waals surface area contributed by atoms with Crippen LogP contribution in [0.15, 0.2) is 23.2 Å². The van der Waals surface area contributed by atoms with E-state index < -0.39 is 10.0 Å². The van der Waals surface area contributed by atoms with Gasteiger partial charge in [0.1, 0.15) is 10.7 Å². The van der Waals surface area contributed by atoms with Gasteiger partial charge in [0.25, 0.3) is 0 Å². The lowest BCUT2D eigenvalue weighted by Crippen LogP contribution is -2.41. The molecule has 0 aliphatic heterocycles. The molecular weight excluding hydrogens is 290 g/mol. The Morgan fingerprint density at radius 3 is 2.76 bits per heavy atom.